The molecule has 98 valence electrons. The van der Waals surface area contributed by atoms with Gasteiger partial charge >= 0.3 is 6.03 Å². The number of phenolic OH excluding ortho intramolecular Hbond substituents is 1. The second-order valence-corrected chi connectivity index (χ2v) is 3.95. The van der Waals surface area contributed by atoms with Gasteiger partial charge in [-0.3, -0.25) is 0 Å². The summed E-state index contributed by atoms with van der Waals surface area (Å²) in [6.45, 7) is 0.108. The smallest absolute Gasteiger partial charge is 0.319 e. The Morgan fingerprint density at radius 1 is 1.11 bits per heavy atom. The summed E-state index contributed by atoms with van der Waals surface area (Å²) in [4.78, 5) is 11.6. The van der Waals surface area contributed by atoms with E-state index < -0.39 is 6.03 Å². The van der Waals surface area contributed by atoms with Crippen molar-refractivity contribution >= 4 is 11.7 Å². The fourth-order valence-electron chi connectivity index (χ4n) is 1.54. The monoisotopic (exact) mass is 260 g/mol. The van der Waals surface area contributed by atoms with Gasteiger partial charge in [0.05, 0.1) is 0 Å². The van der Waals surface area contributed by atoms with Crippen molar-refractivity contribution in [3.63, 3.8) is 0 Å². The topological polar surface area (TPSA) is 61.4 Å². The van der Waals surface area contributed by atoms with E-state index in [1.54, 1.807) is 30.3 Å². The molecule has 3 N–H and O–H groups in total. The summed E-state index contributed by atoms with van der Waals surface area (Å²) in [7, 11) is 0. The summed E-state index contributed by atoms with van der Waals surface area (Å²) in [5.41, 5.74) is 0.965. The first-order valence-corrected chi connectivity index (χ1v) is 5.72. The van der Waals surface area contributed by atoms with E-state index in [-0.39, 0.29) is 18.1 Å². The molecular weight excluding hydrogens is 247 g/mol. The number of nitrogens with one attached hydrogen (secondary N) is 2. The minimum Gasteiger partial charge on any atom is -0.508 e. The minimum atomic E-state index is -0.436. The van der Waals surface area contributed by atoms with Crippen molar-refractivity contribution in [3.8, 4) is 5.75 Å². The van der Waals surface area contributed by atoms with Gasteiger partial charge in [-0.2, -0.15) is 0 Å². The van der Waals surface area contributed by atoms with Crippen LogP contribution in [0.1, 0.15) is 5.56 Å². The summed E-state index contributed by atoms with van der Waals surface area (Å²) in [5.74, 6) is -0.232. The van der Waals surface area contributed by atoms with Crippen LogP contribution in [0.2, 0.25) is 0 Å². The highest BCUT2D eigenvalue weighted by Gasteiger charge is 2.04. The van der Waals surface area contributed by atoms with Crippen LogP contribution >= 0.6 is 0 Å². The van der Waals surface area contributed by atoms with Crippen LogP contribution in [-0.2, 0) is 6.54 Å². The third-order valence-corrected chi connectivity index (χ3v) is 2.52. The lowest BCUT2D eigenvalue weighted by molar-refractivity contribution is 0.251. The molecule has 0 radical (unpaired) electrons. The maximum atomic E-state index is 13.3. The van der Waals surface area contributed by atoms with E-state index in [0.717, 1.165) is 0 Å². The number of anilines is 1. The standard InChI is InChI=1S/C14H13FN2O2/c15-13-4-2-1-3-10(13)9-16-14(19)17-11-5-7-12(18)8-6-11/h1-8,18H,9H2,(H2,16,17,19). The number of urea groups is 1. The van der Waals surface area contributed by atoms with Crippen LogP contribution in [0.3, 0.4) is 0 Å². The molecule has 0 bridgehead atoms. The summed E-state index contributed by atoms with van der Waals surface area (Å²) in [6.07, 6.45) is 0. The molecule has 0 saturated heterocycles. The number of carbonyl (C=O) groups excluding carboxylic acids is 1. The second kappa shape index (κ2) is 5.86. The van der Waals surface area contributed by atoms with Gasteiger partial charge in [-0.05, 0) is 30.3 Å². The van der Waals surface area contributed by atoms with Gasteiger partial charge in [-0.1, -0.05) is 18.2 Å². The van der Waals surface area contributed by atoms with Crippen molar-refractivity contribution in [2.75, 3.05) is 5.32 Å². The van der Waals surface area contributed by atoms with Gasteiger partial charge in [0.2, 0.25) is 0 Å². The lowest BCUT2D eigenvalue weighted by Crippen LogP contribution is -2.28. The number of phenols is 1. The Morgan fingerprint density at radius 2 is 1.79 bits per heavy atom. The lowest BCUT2D eigenvalue weighted by Gasteiger charge is -2.08. The van der Waals surface area contributed by atoms with Gasteiger partial charge in [0, 0.05) is 17.8 Å². The molecule has 2 rings (SSSR count). The molecular formula is C14H13FN2O2. The van der Waals surface area contributed by atoms with E-state index >= 15 is 0 Å². The highest BCUT2D eigenvalue weighted by molar-refractivity contribution is 5.89. The van der Waals surface area contributed by atoms with Crippen molar-refractivity contribution in [3.05, 3.63) is 59.9 Å². The normalized spacial score (nSPS) is 9.95. The van der Waals surface area contributed by atoms with E-state index in [2.05, 4.69) is 10.6 Å². The predicted octanol–water partition coefficient (Wildman–Crippen LogP) is 2.85. The van der Waals surface area contributed by atoms with Crippen LogP contribution in [-0.4, -0.2) is 11.1 Å². The average molecular weight is 260 g/mol. The molecule has 0 aliphatic carbocycles. The maximum Gasteiger partial charge on any atom is 0.319 e. The second-order valence-electron chi connectivity index (χ2n) is 3.95. The van der Waals surface area contributed by atoms with Crippen molar-refractivity contribution in [1.29, 1.82) is 0 Å². The van der Waals surface area contributed by atoms with Crippen molar-refractivity contribution in [1.82, 2.24) is 5.32 Å². The molecule has 0 aliphatic rings. The van der Waals surface area contributed by atoms with E-state index in [0.29, 0.717) is 11.3 Å². The summed E-state index contributed by atoms with van der Waals surface area (Å²) < 4.78 is 13.3. The Bertz CT molecular complexity index is 570. The van der Waals surface area contributed by atoms with E-state index in [9.17, 15) is 9.18 Å². The van der Waals surface area contributed by atoms with E-state index in [1.807, 2.05) is 0 Å². The molecule has 2 aromatic carbocycles. The molecule has 19 heavy (non-hydrogen) atoms. The maximum absolute atomic E-state index is 13.3. The van der Waals surface area contributed by atoms with E-state index in [4.69, 9.17) is 5.11 Å². The molecule has 0 heterocycles. The van der Waals surface area contributed by atoms with Crippen molar-refractivity contribution in [2.45, 2.75) is 6.54 Å². The minimum absolute atomic E-state index is 0.108. The first kappa shape index (κ1) is 12.9. The van der Waals surface area contributed by atoms with Gasteiger partial charge in [-0.25, -0.2) is 9.18 Å². The van der Waals surface area contributed by atoms with Gasteiger partial charge in [0.15, 0.2) is 0 Å². The zero-order chi connectivity index (χ0) is 13.7. The number of carbonyl (C=O) groups is 1. The molecule has 5 heteroatoms. The first-order chi connectivity index (χ1) is 9.15. The molecule has 2 amide bonds. The Morgan fingerprint density at radius 3 is 2.47 bits per heavy atom. The highest BCUT2D eigenvalue weighted by atomic mass is 19.1. The van der Waals surface area contributed by atoms with Gasteiger partial charge in [0.25, 0.3) is 0 Å². The first-order valence-electron chi connectivity index (χ1n) is 5.72. The summed E-state index contributed by atoms with van der Waals surface area (Å²) in [6, 6.07) is 11.9. The zero-order valence-electron chi connectivity index (χ0n) is 10.1. The average Bonchev–Trinajstić information content (AvgIpc) is 2.40. The van der Waals surface area contributed by atoms with Crippen LogP contribution in [0.5, 0.6) is 5.75 Å². The number of hydrogen-bond donors (Lipinski definition) is 3. The fraction of sp³-hybridized carbons (Fsp3) is 0.0714. The number of benzene rings is 2. The van der Waals surface area contributed by atoms with Gasteiger partial charge in [-0.15, -0.1) is 0 Å². The third kappa shape index (κ3) is 3.70. The van der Waals surface area contributed by atoms with Crippen LogP contribution in [0.25, 0.3) is 0 Å². The predicted molar refractivity (Wildman–Crippen MR) is 70.4 cm³/mol. The molecule has 0 spiro atoms. The molecule has 2 aromatic rings. The molecule has 0 atom stereocenters. The Hall–Kier alpha value is -2.56. The number of halogens is 1. The number of hydrogen-bond acceptors (Lipinski definition) is 2. The fourth-order valence-corrected chi connectivity index (χ4v) is 1.54. The molecule has 4 nitrogen and oxygen atoms in total. The highest BCUT2D eigenvalue weighted by Crippen LogP contribution is 2.13. The van der Waals surface area contributed by atoms with Crippen molar-refractivity contribution < 1.29 is 14.3 Å². The number of rotatable bonds is 3. The number of amides is 2. The molecule has 0 unspecified atom stereocenters. The van der Waals surface area contributed by atoms with Crippen molar-refractivity contribution in [2.24, 2.45) is 0 Å². The zero-order valence-corrected chi connectivity index (χ0v) is 10.1. The Kier molecular flexibility index (Phi) is 3.97. The molecule has 0 aromatic heterocycles. The lowest BCUT2D eigenvalue weighted by atomic mass is 10.2. The largest absolute Gasteiger partial charge is 0.508 e. The van der Waals surface area contributed by atoms with Gasteiger partial charge in [0.1, 0.15) is 11.6 Å². The molecule has 0 aliphatic heterocycles. The Labute approximate surface area is 109 Å². The SMILES string of the molecule is O=C(NCc1ccccc1F)Nc1ccc(O)cc1. The molecule has 0 saturated carbocycles. The quantitative estimate of drug-likeness (QED) is 0.743. The van der Waals surface area contributed by atoms with Crippen LogP contribution < -0.4 is 10.6 Å². The Balaban J connectivity index is 1.88. The molecule has 0 fully saturated rings. The van der Waals surface area contributed by atoms with Crippen LogP contribution in [0, 0.1) is 5.82 Å². The van der Waals surface area contributed by atoms with Crippen LogP contribution in [0.4, 0.5) is 14.9 Å². The van der Waals surface area contributed by atoms with Crippen LogP contribution in [0.15, 0.2) is 48.5 Å². The number of aromatic hydroxyl groups is 1. The summed E-state index contributed by atoms with van der Waals surface area (Å²) in [5, 5.41) is 14.2. The van der Waals surface area contributed by atoms with Gasteiger partial charge < -0.3 is 15.7 Å². The van der Waals surface area contributed by atoms with E-state index in [1.165, 1.54) is 18.2 Å². The third-order valence-electron chi connectivity index (χ3n) is 2.52. The summed E-state index contributed by atoms with van der Waals surface area (Å²) >= 11 is 0.